The smallest absolute Gasteiger partial charge is 0.242 e. The van der Waals surface area contributed by atoms with Gasteiger partial charge in [-0.3, -0.25) is 9.67 Å². The van der Waals surface area contributed by atoms with Gasteiger partial charge in [-0.15, -0.1) is 10.2 Å². The zero-order chi connectivity index (χ0) is 36.9. The molecule has 0 radical (unpaired) electrons. The Labute approximate surface area is 304 Å². The third kappa shape index (κ3) is 6.23. The standard InChI is InChI=1S/C38H36FN9O5/c1-22-27-11-26(39)5-6-30(27)53-38(19-49-20-38)21-51-36-33(25-10-31(52-22)34(42)44-16-25)29(13-41)48(46-36)17-23-9-24(15-43-14-23)32-28(12-40)47(3)45-35(32)50-18-37(2)7-4-8-37/h5-6,9-11,14-16,22H,4,7-8,17-21H2,1-3H3,(H2,42,44). The average molecular weight is 718 g/mol. The van der Waals surface area contributed by atoms with Crippen LogP contribution in [0.25, 0.3) is 22.3 Å². The van der Waals surface area contributed by atoms with Crippen LogP contribution in [-0.2, 0) is 18.3 Å². The van der Waals surface area contributed by atoms with Crippen molar-refractivity contribution in [3.05, 3.63) is 77.3 Å². The minimum absolute atomic E-state index is 0.0139. The van der Waals surface area contributed by atoms with Crippen LogP contribution < -0.4 is 24.7 Å². The lowest BCUT2D eigenvalue weighted by atomic mass is 9.71. The van der Waals surface area contributed by atoms with E-state index in [1.165, 1.54) is 34.1 Å². The fraction of sp³-hybridized carbons (Fsp3) is 0.368. The number of nitrogen functional groups attached to an aromatic ring is 1. The molecule has 2 fully saturated rings. The van der Waals surface area contributed by atoms with Crippen LogP contribution in [0.2, 0.25) is 0 Å². The molecule has 6 heterocycles. The first kappa shape index (κ1) is 33.9. The van der Waals surface area contributed by atoms with Crippen molar-refractivity contribution in [2.45, 2.75) is 51.4 Å². The van der Waals surface area contributed by atoms with Gasteiger partial charge in [0.1, 0.15) is 42.1 Å². The molecule has 1 aromatic carbocycles. The molecular weight excluding hydrogens is 681 g/mol. The number of pyridine rings is 2. The molecular formula is C38H36FN9O5. The Balaban J connectivity index is 1.17. The molecule has 1 saturated heterocycles. The number of ether oxygens (including phenoxy) is 5. The number of halogens is 1. The van der Waals surface area contributed by atoms with E-state index < -0.39 is 17.5 Å². The number of benzene rings is 1. The second-order valence-corrected chi connectivity index (χ2v) is 14.2. The van der Waals surface area contributed by atoms with Crippen LogP contribution in [0.4, 0.5) is 10.2 Å². The maximum absolute atomic E-state index is 14.5. The van der Waals surface area contributed by atoms with Crippen molar-refractivity contribution >= 4 is 5.82 Å². The van der Waals surface area contributed by atoms with Gasteiger partial charge in [0.25, 0.3) is 0 Å². The summed E-state index contributed by atoms with van der Waals surface area (Å²) >= 11 is 0. The molecule has 1 saturated carbocycles. The first-order valence-electron chi connectivity index (χ1n) is 17.2. The molecule has 1 aliphatic carbocycles. The Morgan fingerprint density at radius 3 is 2.51 bits per heavy atom. The normalized spacial score (nSPS) is 18.0. The van der Waals surface area contributed by atoms with Gasteiger partial charge < -0.3 is 29.4 Å². The van der Waals surface area contributed by atoms with Crippen LogP contribution in [-0.4, -0.2) is 61.6 Å². The number of nitriles is 2. The zero-order valence-electron chi connectivity index (χ0n) is 29.4. The summed E-state index contributed by atoms with van der Waals surface area (Å²) in [6.45, 7) is 5.01. The number of nitrogens with zero attached hydrogens (tertiary/aromatic N) is 8. The van der Waals surface area contributed by atoms with E-state index in [2.05, 4.69) is 34.1 Å². The Morgan fingerprint density at radius 2 is 1.79 bits per heavy atom. The minimum atomic E-state index is -0.916. The highest BCUT2D eigenvalue weighted by Crippen LogP contribution is 2.43. The molecule has 4 aromatic heterocycles. The van der Waals surface area contributed by atoms with E-state index >= 15 is 0 Å². The van der Waals surface area contributed by atoms with E-state index in [1.54, 1.807) is 38.5 Å². The largest absolute Gasteiger partial charge is 0.482 e. The summed E-state index contributed by atoms with van der Waals surface area (Å²) < 4.78 is 48.4. The number of nitrogens with two attached hydrogens (primary N) is 1. The fourth-order valence-electron chi connectivity index (χ4n) is 6.87. The van der Waals surface area contributed by atoms with Crippen molar-refractivity contribution in [1.29, 1.82) is 10.5 Å². The van der Waals surface area contributed by atoms with Crippen molar-refractivity contribution in [2.75, 3.05) is 32.2 Å². The molecule has 8 rings (SSSR count). The molecule has 270 valence electrons. The van der Waals surface area contributed by atoms with Crippen molar-refractivity contribution in [2.24, 2.45) is 12.5 Å². The quantitative estimate of drug-likeness (QED) is 0.233. The summed E-state index contributed by atoms with van der Waals surface area (Å²) in [5, 5.41) is 30.0. The minimum Gasteiger partial charge on any atom is -0.482 e. The SMILES string of the molecule is CC1Oc2cc(cnc2N)-c2c(nn(Cc3cncc(-c4c(OCC5(C)CCC5)nn(C)c4C#N)c3)c2C#N)OCC2(COC2)Oc2ccc(F)cc21. The number of anilines is 1. The highest BCUT2D eigenvalue weighted by Gasteiger charge is 2.44. The van der Waals surface area contributed by atoms with E-state index in [1.807, 2.05) is 6.07 Å². The summed E-state index contributed by atoms with van der Waals surface area (Å²) in [6, 6.07) is 12.3. The number of aryl methyl sites for hydroxylation is 1. The van der Waals surface area contributed by atoms with Gasteiger partial charge in [0, 0.05) is 47.7 Å². The van der Waals surface area contributed by atoms with E-state index in [9.17, 15) is 14.9 Å². The first-order valence-corrected chi connectivity index (χ1v) is 17.2. The molecule has 1 unspecified atom stereocenters. The molecule has 2 bridgehead atoms. The molecule has 15 heteroatoms. The third-order valence-electron chi connectivity index (χ3n) is 10.1. The van der Waals surface area contributed by atoms with E-state index in [0.717, 1.165) is 12.8 Å². The highest BCUT2D eigenvalue weighted by molar-refractivity contribution is 5.76. The first-order chi connectivity index (χ1) is 25.6. The van der Waals surface area contributed by atoms with Crippen molar-refractivity contribution in [1.82, 2.24) is 29.5 Å². The van der Waals surface area contributed by atoms with Crippen LogP contribution in [0.5, 0.6) is 23.3 Å². The molecule has 3 aliphatic rings. The van der Waals surface area contributed by atoms with Gasteiger partial charge >= 0.3 is 0 Å². The molecule has 53 heavy (non-hydrogen) atoms. The van der Waals surface area contributed by atoms with Crippen LogP contribution in [0, 0.1) is 33.9 Å². The lowest BCUT2D eigenvalue weighted by molar-refractivity contribution is -0.177. The molecule has 1 atom stereocenters. The zero-order valence-corrected chi connectivity index (χ0v) is 29.4. The Kier molecular flexibility index (Phi) is 8.38. The van der Waals surface area contributed by atoms with Crippen LogP contribution in [0.3, 0.4) is 0 Å². The molecule has 2 aliphatic heterocycles. The number of hydrogen-bond donors (Lipinski definition) is 1. The van der Waals surface area contributed by atoms with Gasteiger partial charge in [-0.05, 0) is 55.7 Å². The van der Waals surface area contributed by atoms with Gasteiger partial charge in [-0.25, -0.2) is 14.1 Å². The second-order valence-electron chi connectivity index (χ2n) is 14.2. The van der Waals surface area contributed by atoms with Gasteiger partial charge in [-0.1, -0.05) is 13.3 Å². The highest BCUT2D eigenvalue weighted by atomic mass is 19.1. The van der Waals surface area contributed by atoms with Crippen molar-refractivity contribution in [3.63, 3.8) is 0 Å². The summed E-state index contributed by atoms with van der Waals surface area (Å²) in [5.74, 6) is 0.803. The Bertz CT molecular complexity index is 2320. The maximum atomic E-state index is 14.5. The topological polar surface area (TPSA) is 181 Å². The van der Waals surface area contributed by atoms with Crippen LogP contribution in [0.15, 0.2) is 48.9 Å². The van der Waals surface area contributed by atoms with Gasteiger partial charge in [0.2, 0.25) is 11.8 Å². The van der Waals surface area contributed by atoms with Crippen molar-refractivity contribution in [3.8, 4) is 57.7 Å². The number of fused-ring (bicyclic) bond motifs is 5. The summed E-state index contributed by atoms with van der Waals surface area (Å²) in [6.07, 6.45) is 7.48. The molecule has 2 N–H and O–H groups in total. The Hall–Kier alpha value is -6.19. The van der Waals surface area contributed by atoms with Crippen LogP contribution in [0.1, 0.15) is 61.7 Å². The summed E-state index contributed by atoms with van der Waals surface area (Å²) in [5.41, 5.74) is 9.15. The van der Waals surface area contributed by atoms with Gasteiger partial charge in [0.15, 0.2) is 22.9 Å². The van der Waals surface area contributed by atoms with E-state index in [0.29, 0.717) is 57.3 Å². The average Bonchev–Trinajstić information content (AvgIpc) is 3.64. The lowest BCUT2D eigenvalue weighted by Crippen LogP contribution is -2.58. The summed E-state index contributed by atoms with van der Waals surface area (Å²) in [7, 11) is 1.71. The number of aromatic nitrogens is 6. The maximum Gasteiger partial charge on any atom is 0.242 e. The number of hydrogen-bond acceptors (Lipinski definition) is 12. The second kappa shape index (κ2) is 13.1. The monoisotopic (exact) mass is 717 g/mol. The Morgan fingerprint density at radius 1 is 1.00 bits per heavy atom. The fourth-order valence-corrected chi connectivity index (χ4v) is 6.87. The third-order valence-corrected chi connectivity index (χ3v) is 10.1. The molecule has 0 amide bonds. The molecule has 5 aromatic rings. The predicted molar refractivity (Wildman–Crippen MR) is 187 cm³/mol. The van der Waals surface area contributed by atoms with Crippen LogP contribution >= 0.6 is 0 Å². The summed E-state index contributed by atoms with van der Waals surface area (Å²) in [4.78, 5) is 8.85. The van der Waals surface area contributed by atoms with Crippen molar-refractivity contribution < 1.29 is 28.1 Å². The predicted octanol–water partition coefficient (Wildman–Crippen LogP) is 5.50. The lowest BCUT2D eigenvalue weighted by Gasteiger charge is -2.41. The molecule has 1 spiro atoms. The molecule has 14 nitrogen and oxygen atoms in total. The van der Waals surface area contributed by atoms with E-state index in [-0.39, 0.29) is 54.9 Å². The number of rotatable bonds is 6. The van der Waals surface area contributed by atoms with Gasteiger partial charge in [-0.2, -0.15) is 10.5 Å². The van der Waals surface area contributed by atoms with Gasteiger partial charge in [0.05, 0.1) is 37.5 Å². The van der Waals surface area contributed by atoms with E-state index in [4.69, 9.17) is 34.5 Å².